The first-order valence-electron chi connectivity index (χ1n) is 6.85. The molecule has 104 valence electrons. The molecular formula is C15H21NO3. The lowest BCUT2D eigenvalue weighted by Crippen LogP contribution is -2.36. The van der Waals surface area contributed by atoms with Crippen molar-refractivity contribution in [1.29, 1.82) is 0 Å². The SMILES string of the molecule is CCOC1CCN(Cc2cccc(C(=O)O)c2)CC1. The van der Waals surface area contributed by atoms with Crippen LogP contribution in [0.25, 0.3) is 0 Å². The third kappa shape index (κ3) is 4.04. The Kier molecular flexibility index (Phi) is 4.93. The van der Waals surface area contributed by atoms with E-state index in [9.17, 15) is 4.79 Å². The topological polar surface area (TPSA) is 49.8 Å². The van der Waals surface area contributed by atoms with E-state index in [-0.39, 0.29) is 0 Å². The van der Waals surface area contributed by atoms with Crippen molar-refractivity contribution in [3.8, 4) is 0 Å². The Morgan fingerprint density at radius 2 is 2.16 bits per heavy atom. The summed E-state index contributed by atoms with van der Waals surface area (Å²) in [4.78, 5) is 13.3. The molecule has 0 unspecified atom stereocenters. The Balaban J connectivity index is 1.88. The third-order valence-electron chi connectivity index (χ3n) is 3.52. The summed E-state index contributed by atoms with van der Waals surface area (Å²) in [5.74, 6) is -0.864. The molecule has 1 aromatic carbocycles. The third-order valence-corrected chi connectivity index (χ3v) is 3.52. The van der Waals surface area contributed by atoms with Crippen LogP contribution in [0.3, 0.4) is 0 Å². The number of likely N-dealkylation sites (tertiary alicyclic amines) is 1. The Labute approximate surface area is 114 Å². The van der Waals surface area contributed by atoms with Crippen LogP contribution in [-0.4, -0.2) is 41.8 Å². The first-order chi connectivity index (χ1) is 9.19. The number of nitrogens with zero attached hydrogens (tertiary/aromatic N) is 1. The quantitative estimate of drug-likeness (QED) is 0.886. The summed E-state index contributed by atoms with van der Waals surface area (Å²) >= 11 is 0. The number of carboxylic acids is 1. The molecule has 1 fully saturated rings. The summed E-state index contributed by atoms with van der Waals surface area (Å²) < 4.78 is 5.63. The second-order valence-electron chi connectivity index (χ2n) is 4.94. The Hall–Kier alpha value is -1.39. The summed E-state index contributed by atoms with van der Waals surface area (Å²) in [5, 5.41) is 8.98. The van der Waals surface area contributed by atoms with Gasteiger partial charge in [0.1, 0.15) is 0 Å². The van der Waals surface area contributed by atoms with E-state index >= 15 is 0 Å². The molecule has 1 N–H and O–H groups in total. The summed E-state index contributed by atoms with van der Waals surface area (Å²) in [6.45, 7) is 5.67. The van der Waals surface area contributed by atoms with E-state index in [1.54, 1.807) is 12.1 Å². The van der Waals surface area contributed by atoms with Gasteiger partial charge >= 0.3 is 5.97 Å². The lowest BCUT2D eigenvalue weighted by molar-refractivity contribution is 0.0125. The van der Waals surface area contributed by atoms with Gasteiger partial charge in [-0.2, -0.15) is 0 Å². The van der Waals surface area contributed by atoms with Gasteiger partial charge in [0.05, 0.1) is 11.7 Å². The number of rotatable bonds is 5. The number of hydrogen-bond acceptors (Lipinski definition) is 3. The van der Waals surface area contributed by atoms with Crippen LogP contribution in [0.4, 0.5) is 0 Å². The average Bonchev–Trinajstić information content (AvgIpc) is 2.42. The van der Waals surface area contributed by atoms with Gasteiger partial charge in [0.25, 0.3) is 0 Å². The van der Waals surface area contributed by atoms with Crippen molar-refractivity contribution in [2.75, 3.05) is 19.7 Å². The van der Waals surface area contributed by atoms with Gasteiger partial charge in [0, 0.05) is 26.2 Å². The zero-order valence-electron chi connectivity index (χ0n) is 11.3. The number of piperidine rings is 1. The van der Waals surface area contributed by atoms with Gasteiger partial charge in [-0.1, -0.05) is 12.1 Å². The minimum atomic E-state index is -0.864. The van der Waals surface area contributed by atoms with Crippen molar-refractivity contribution in [2.45, 2.75) is 32.4 Å². The highest BCUT2D eigenvalue weighted by Gasteiger charge is 2.19. The molecule has 0 bridgehead atoms. The molecule has 1 aliphatic rings. The molecule has 0 atom stereocenters. The van der Waals surface area contributed by atoms with Crippen LogP contribution in [0.15, 0.2) is 24.3 Å². The molecular weight excluding hydrogens is 242 g/mol. The molecule has 1 aromatic rings. The first kappa shape index (κ1) is 14.0. The largest absolute Gasteiger partial charge is 0.478 e. The normalized spacial score (nSPS) is 17.5. The monoisotopic (exact) mass is 263 g/mol. The molecule has 4 nitrogen and oxygen atoms in total. The van der Waals surface area contributed by atoms with Gasteiger partial charge in [-0.3, -0.25) is 4.90 Å². The van der Waals surface area contributed by atoms with Crippen molar-refractivity contribution < 1.29 is 14.6 Å². The highest BCUT2D eigenvalue weighted by molar-refractivity contribution is 5.87. The molecule has 0 spiro atoms. The number of ether oxygens (including phenoxy) is 1. The van der Waals surface area contributed by atoms with Gasteiger partial charge in [-0.25, -0.2) is 4.79 Å². The van der Waals surface area contributed by atoms with Crippen molar-refractivity contribution in [3.05, 3.63) is 35.4 Å². The van der Waals surface area contributed by atoms with Crippen LogP contribution in [0.2, 0.25) is 0 Å². The molecule has 1 heterocycles. The van der Waals surface area contributed by atoms with E-state index < -0.39 is 5.97 Å². The predicted octanol–water partition coefficient (Wildman–Crippen LogP) is 2.39. The molecule has 19 heavy (non-hydrogen) atoms. The summed E-state index contributed by atoms with van der Waals surface area (Å²) in [7, 11) is 0. The molecule has 1 saturated heterocycles. The van der Waals surface area contributed by atoms with E-state index in [2.05, 4.69) is 4.90 Å². The maximum absolute atomic E-state index is 10.9. The Morgan fingerprint density at radius 3 is 2.79 bits per heavy atom. The van der Waals surface area contributed by atoms with Gasteiger partial charge < -0.3 is 9.84 Å². The maximum atomic E-state index is 10.9. The van der Waals surface area contributed by atoms with E-state index in [1.807, 2.05) is 19.1 Å². The minimum absolute atomic E-state index is 0.363. The highest BCUT2D eigenvalue weighted by Crippen LogP contribution is 2.16. The smallest absolute Gasteiger partial charge is 0.335 e. The zero-order chi connectivity index (χ0) is 13.7. The van der Waals surface area contributed by atoms with E-state index in [4.69, 9.17) is 9.84 Å². The van der Waals surface area contributed by atoms with Crippen LogP contribution < -0.4 is 0 Å². The standard InChI is InChI=1S/C15H21NO3/c1-2-19-14-6-8-16(9-7-14)11-12-4-3-5-13(10-12)15(17)18/h3-5,10,14H,2,6-9,11H2,1H3,(H,17,18). The van der Waals surface area contributed by atoms with Crippen molar-refractivity contribution in [1.82, 2.24) is 4.90 Å². The molecule has 0 aliphatic carbocycles. The number of hydrogen-bond donors (Lipinski definition) is 1. The van der Waals surface area contributed by atoms with Crippen LogP contribution in [-0.2, 0) is 11.3 Å². The van der Waals surface area contributed by atoms with Gasteiger partial charge in [-0.15, -0.1) is 0 Å². The molecule has 0 saturated carbocycles. The fourth-order valence-electron chi connectivity index (χ4n) is 2.53. The number of benzene rings is 1. The van der Waals surface area contributed by atoms with Gasteiger partial charge in [-0.05, 0) is 37.5 Å². The van der Waals surface area contributed by atoms with Crippen molar-refractivity contribution in [3.63, 3.8) is 0 Å². The second-order valence-corrected chi connectivity index (χ2v) is 4.94. The van der Waals surface area contributed by atoms with Crippen LogP contribution >= 0.6 is 0 Å². The van der Waals surface area contributed by atoms with E-state index in [0.29, 0.717) is 11.7 Å². The molecule has 2 rings (SSSR count). The van der Waals surface area contributed by atoms with Crippen LogP contribution in [0.5, 0.6) is 0 Å². The van der Waals surface area contributed by atoms with E-state index in [0.717, 1.165) is 44.6 Å². The van der Waals surface area contributed by atoms with Crippen molar-refractivity contribution in [2.24, 2.45) is 0 Å². The molecule has 0 radical (unpaired) electrons. The van der Waals surface area contributed by atoms with Gasteiger partial charge in [0.2, 0.25) is 0 Å². The first-order valence-corrected chi connectivity index (χ1v) is 6.85. The molecule has 0 amide bonds. The molecule has 4 heteroatoms. The highest BCUT2D eigenvalue weighted by atomic mass is 16.5. The molecule has 0 aromatic heterocycles. The summed E-state index contributed by atoms with van der Waals surface area (Å²) in [6.07, 6.45) is 2.52. The lowest BCUT2D eigenvalue weighted by Gasteiger charge is -2.31. The van der Waals surface area contributed by atoms with E-state index in [1.165, 1.54) is 0 Å². The second kappa shape index (κ2) is 6.68. The Bertz CT molecular complexity index is 425. The fraction of sp³-hybridized carbons (Fsp3) is 0.533. The van der Waals surface area contributed by atoms with Gasteiger partial charge in [0.15, 0.2) is 0 Å². The lowest BCUT2D eigenvalue weighted by atomic mass is 10.1. The van der Waals surface area contributed by atoms with Crippen LogP contribution in [0.1, 0.15) is 35.7 Å². The summed E-state index contributed by atoms with van der Waals surface area (Å²) in [5.41, 5.74) is 1.43. The minimum Gasteiger partial charge on any atom is -0.478 e. The van der Waals surface area contributed by atoms with Crippen LogP contribution in [0, 0.1) is 0 Å². The number of aromatic carboxylic acids is 1. The summed E-state index contributed by atoms with van der Waals surface area (Å²) in [6, 6.07) is 7.19. The maximum Gasteiger partial charge on any atom is 0.335 e. The Morgan fingerprint density at radius 1 is 1.42 bits per heavy atom. The number of carboxylic acid groups (broad SMARTS) is 1. The fourth-order valence-corrected chi connectivity index (χ4v) is 2.53. The number of carbonyl (C=O) groups is 1. The average molecular weight is 263 g/mol. The molecule has 1 aliphatic heterocycles. The predicted molar refractivity (Wildman–Crippen MR) is 73.3 cm³/mol. The van der Waals surface area contributed by atoms with Crippen molar-refractivity contribution >= 4 is 5.97 Å². The zero-order valence-corrected chi connectivity index (χ0v) is 11.3.